The van der Waals surface area contributed by atoms with Crippen LogP contribution < -0.4 is 10.9 Å². The van der Waals surface area contributed by atoms with Crippen molar-refractivity contribution in [3.05, 3.63) is 39.9 Å². The summed E-state index contributed by atoms with van der Waals surface area (Å²) in [5.41, 5.74) is 1.27. The molecule has 1 saturated carbocycles. The Morgan fingerprint density at radius 2 is 1.96 bits per heavy atom. The van der Waals surface area contributed by atoms with E-state index in [-0.39, 0.29) is 11.5 Å². The van der Waals surface area contributed by atoms with E-state index in [9.17, 15) is 9.59 Å². The first-order chi connectivity index (χ1) is 11.7. The van der Waals surface area contributed by atoms with E-state index in [1.807, 2.05) is 4.57 Å². The molecule has 0 bridgehead atoms. The van der Waals surface area contributed by atoms with Crippen molar-refractivity contribution in [3.8, 4) is 0 Å². The molecule has 2 heterocycles. The fraction of sp³-hybridized carbons (Fsp3) is 0.526. The lowest BCUT2D eigenvalue weighted by atomic mass is 10.1. The second-order valence-corrected chi connectivity index (χ2v) is 6.98. The zero-order valence-corrected chi connectivity index (χ0v) is 13.9. The summed E-state index contributed by atoms with van der Waals surface area (Å²) in [6.45, 7) is 0.751. The highest BCUT2D eigenvalue weighted by atomic mass is 16.1. The maximum atomic E-state index is 12.7. The van der Waals surface area contributed by atoms with Gasteiger partial charge in [-0.3, -0.25) is 14.2 Å². The Kier molecular flexibility index (Phi) is 4.08. The normalized spacial score (nSPS) is 18.3. The number of nitrogens with zero attached hydrogens (tertiary/aromatic N) is 2. The summed E-state index contributed by atoms with van der Waals surface area (Å²) in [7, 11) is 0. The van der Waals surface area contributed by atoms with Gasteiger partial charge < -0.3 is 5.32 Å². The topological polar surface area (TPSA) is 64.0 Å². The number of fused-ring (bicyclic) bond motifs is 2. The van der Waals surface area contributed by atoms with Gasteiger partial charge >= 0.3 is 0 Å². The molecule has 0 spiro atoms. The lowest BCUT2D eigenvalue weighted by molar-refractivity contribution is 0.0938. The molecule has 2 aliphatic rings. The van der Waals surface area contributed by atoms with E-state index in [0.29, 0.717) is 22.5 Å². The van der Waals surface area contributed by atoms with Crippen LogP contribution in [0.4, 0.5) is 0 Å². The fourth-order valence-electron chi connectivity index (χ4n) is 3.90. The lowest BCUT2D eigenvalue weighted by Gasteiger charge is -2.13. The van der Waals surface area contributed by atoms with Gasteiger partial charge in [-0.25, -0.2) is 4.98 Å². The second-order valence-electron chi connectivity index (χ2n) is 6.98. The highest BCUT2D eigenvalue weighted by molar-refractivity contribution is 5.97. The van der Waals surface area contributed by atoms with E-state index in [1.54, 1.807) is 18.2 Å². The van der Waals surface area contributed by atoms with Crippen molar-refractivity contribution < 1.29 is 4.79 Å². The van der Waals surface area contributed by atoms with Gasteiger partial charge in [0.25, 0.3) is 11.5 Å². The van der Waals surface area contributed by atoms with E-state index in [2.05, 4.69) is 5.32 Å². The summed E-state index contributed by atoms with van der Waals surface area (Å²) in [5.74, 6) is 0.805. The SMILES string of the molecule is O=C(NC1CCCC1)c1ccc2c(=O)n3c(nc2c1)CCCCC3. The minimum atomic E-state index is -0.0550. The molecular weight excluding hydrogens is 302 g/mol. The maximum absolute atomic E-state index is 12.7. The Labute approximate surface area is 141 Å². The van der Waals surface area contributed by atoms with Crippen LogP contribution in [0.5, 0.6) is 0 Å². The van der Waals surface area contributed by atoms with Gasteiger partial charge in [-0.1, -0.05) is 19.3 Å². The zero-order chi connectivity index (χ0) is 16.5. The molecule has 126 valence electrons. The maximum Gasteiger partial charge on any atom is 0.261 e. The second kappa shape index (κ2) is 6.38. The van der Waals surface area contributed by atoms with Crippen molar-refractivity contribution in [3.63, 3.8) is 0 Å². The van der Waals surface area contributed by atoms with Crippen LogP contribution in [0.15, 0.2) is 23.0 Å². The summed E-state index contributed by atoms with van der Waals surface area (Å²) in [6, 6.07) is 5.57. The molecule has 0 atom stereocenters. The minimum absolute atomic E-state index is 0.0275. The molecule has 24 heavy (non-hydrogen) atoms. The first-order valence-corrected chi connectivity index (χ1v) is 9.07. The average molecular weight is 325 g/mol. The molecule has 4 rings (SSSR count). The summed E-state index contributed by atoms with van der Waals surface area (Å²) in [4.78, 5) is 29.9. The molecule has 2 aromatic rings. The van der Waals surface area contributed by atoms with E-state index >= 15 is 0 Å². The van der Waals surface area contributed by atoms with Crippen molar-refractivity contribution in [1.29, 1.82) is 0 Å². The molecular formula is C19H23N3O2. The number of rotatable bonds is 2. The molecule has 1 fully saturated rings. The number of amides is 1. The quantitative estimate of drug-likeness (QED) is 0.923. The van der Waals surface area contributed by atoms with Gasteiger partial charge in [0, 0.05) is 24.6 Å². The third-order valence-electron chi connectivity index (χ3n) is 5.27. The summed E-state index contributed by atoms with van der Waals surface area (Å²) in [6.07, 6.45) is 8.57. The van der Waals surface area contributed by atoms with Crippen LogP contribution in [0.2, 0.25) is 0 Å². The molecule has 1 amide bonds. The Morgan fingerprint density at radius 1 is 1.12 bits per heavy atom. The molecule has 1 aliphatic heterocycles. The van der Waals surface area contributed by atoms with E-state index in [4.69, 9.17) is 4.98 Å². The largest absolute Gasteiger partial charge is 0.349 e. The van der Waals surface area contributed by atoms with Crippen LogP contribution in [0.3, 0.4) is 0 Å². The van der Waals surface area contributed by atoms with Gasteiger partial charge in [-0.05, 0) is 43.9 Å². The Bertz CT molecular complexity index is 834. The number of aryl methyl sites for hydroxylation is 1. The zero-order valence-electron chi connectivity index (χ0n) is 13.9. The lowest BCUT2D eigenvalue weighted by Crippen LogP contribution is -2.32. The summed E-state index contributed by atoms with van der Waals surface area (Å²) in [5, 5.41) is 3.71. The van der Waals surface area contributed by atoms with Crippen molar-refractivity contribution >= 4 is 16.8 Å². The average Bonchev–Trinajstić information content (AvgIpc) is 2.98. The molecule has 0 unspecified atom stereocenters. The summed E-state index contributed by atoms with van der Waals surface area (Å²) >= 11 is 0. The molecule has 1 aromatic carbocycles. The molecule has 1 aliphatic carbocycles. The van der Waals surface area contributed by atoms with Gasteiger partial charge in [0.1, 0.15) is 5.82 Å². The van der Waals surface area contributed by atoms with Crippen LogP contribution in [0, 0.1) is 0 Å². The monoisotopic (exact) mass is 325 g/mol. The van der Waals surface area contributed by atoms with E-state index in [1.165, 1.54) is 12.8 Å². The van der Waals surface area contributed by atoms with Gasteiger partial charge in [-0.15, -0.1) is 0 Å². The highest BCUT2D eigenvalue weighted by Crippen LogP contribution is 2.19. The molecule has 5 nitrogen and oxygen atoms in total. The number of hydrogen-bond donors (Lipinski definition) is 1. The first-order valence-electron chi connectivity index (χ1n) is 9.07. The Morgan fingerprint density at radius 3 is 2.79 bits per heavy atom. The Balaban J connectivity index is 1.69. The van der Waals surface area contributed by atoms with Gasteiger partial charge in [0.2, 0.25) is 0 Å². The fourth-order valence-corrected chi connectivity index (χ4v) is 3.90. The molecule has 1 N–H and O–H groups in total. The van der Waals surface area contributed by atoms with Crippen LogP contribution >= 0.6 is 0 Å². The minimum Gasteiger partial charge on any atom is -0.349 e. The predicted octanol–water partition coefficient (Wildman–Crippen LogP) is 2.80. The van der Waals surface area contributed by atoms with Crippen molar-refractivity contribution in [1.82, 2.24) is 14.9 Å². The number of nitrogens with one attached hydrogen (secondary N) is 1. The molecule has 5 heteroatoms. The van der Waals surface area contributed by atoms with Gasteiger partial charge in [0.15, 0.2) is 0 Å². The molecule has 0 saturated heterocycles. The standard InChI is InChI=1S/C19H23N3O2/c23-18(20-14-6-3-4-7-14)13-9-10-15-16(12-13)21-17-8-2-1-5-11-22(17)19(15)24/h9-10,12,14H,1-8,11H2,(H,20,23). The predicted molar refractivity (Wildman–Crippen MR) is 93.3 cm³/mol. The summed E-state index contributed by atoms with van der Waals surface area (Å²) < 4.78 is 1.81. The number of hydrogen-bond acceptors (Lipinski definition) is 3. The van der Waals surface area contributed by atoms with E-state index in [0.717, 1.165) is 50.9 Å². The van der Waals surface area contributed by atoms with Gasteiger partial charge in [-0.2, -0.15) is 0 Å². The molecule has 0 radical (unpaired) electrons. The number of carbonyl (C=O) groups excluding carboxylic acids is 1. The van der Waals surface area contributed by atoms with Crippen molar-refractivity contribution in [2.24, 2.45) is 0 Å². The van der Waals surface area contributed by atoms with Crippen LogP contribution in [0.25, 0.3) is 10.9 Å². The molecule has 1 aromatic heterocycles. The number of carbonyl (C=O) groups is 1. The van der Waals surface area contributed by atoms with Crippen LogP contribution in [-0.2, 0) is 13.0 Å². The van der Waals surface area contributed by atoms with Crippen molar-refractivity contribution in [2.45, 2.75) is 64.0 Å². The number of benzene rings is 1. The smallest absolute Gasteiger partial charge is 0.261 e. The van der Waals surface area contributed by atoms with Crippen LogP contribution in [0.1, 0.15) is 61.1 Å². The third kappa shape index (κ3) is 2.83. The Hall–Kier alpha value is -2.17. The first kappa shape index (κ1) is 15.4. The van der Waals surface area contributed by atoms with Crippen LogP contribution in [-0.4, -0.2) is 21.5 Å². The van der Waals surface area contributed by atoms with Gasteiger partial charge in [0.05, 0.1) is 10.9 Å². The number of aromatic nitrogens is 2. The third-order valence-corrected chi connectivity index (χ3v) is 5.27. The van der Waals surface area contributed by atoms with E-state index < -0.39 is 0 Å². The van der Waals surface area contributed by atoms with Crippen molar-refractivity contribution in [2.75, 3.05) is 0 Å². The highest BCUT2D eigenvalue weighted by Gasteiger charge is 2.19.